The molecule has 0 bridgehead atoms. The molecule has 0 amide bonds. The molecule has 30 heteroatoms. The van der Waals surface area contributed by atoms with Crippen LogP contribution in [0.2, 0.25) is 0 Å². The van der Waals surface area contributed by atoms with Crippen molar-refractivity contribution in [2.75, 3.05) is 52.7 Å². The summed E-state index contributed by atoms with van der Waals surface area (Å²) in [6.45, 7) is 36.0. The molecule has 3 N–H and O–H groups in total. The first-order valence-corrected chi connectivity index (χ1v) is 27.9. The van der Waals surface area contributed by atoms with Gasteiger partial charge in [0.1, 0.15) is 50.7 Å². The van der Waals surface area contributed by atoms with Crippen LogP contribution in [0.4, 0.5) is 0 Å². The van der Waals surface area contributed by atoms with E-state index in [2.05, 4.69) is 29.5 Å². The number of aromatic amines is 3. The average molecular weight is 1120 g/mol. The molecule has 0 aromatic carbocycles. The van der Waals surface area contributed by atoms with Crippen molar-refractivity contribution in [1.29, 1.82) is 0 Å². The van der Waals surface area contributed by atoms with E-state index in [0.717, 1.165) is 0 Å². The van der Waals surface area contributed by atoms with E-state index >= 15 is 0 Å². The maximum absolute atomic E-state index is 13.3. The highest BCUT2D eigenvalue weighted by molar-refractivity contribution is 7.44. The van der Waals surface area contributed by atoms with Crippen LogP contribution in [-0.2, 0) is 50.4 Å². The molecule has 3 aliphatic heterocycles. The highest BCUT2D eigenvalue weighted by Gasteiger charge is 2.45. The Labute approximate surface area is 441 Å². The van der Waals surface area contributed by atoms with Gasteiger partial charge in [0.25, 0.3) is 25.2 Å². The number of nitrogens with one attached hydrogen (secondary N) is 3. The number of ether oxygens (including phenoxy) is 3. The summed E-state index contributed by atoms with van der Waals surface area (Å²) >= 11 is 0. The maximum atomic E-state index is 13.3. The number of nitrogens with zero attached hydrogens (tertiary/aromatic N) is 7. The Bertz CT molecular complexity index is 2900. The summed E-state index contributed by atoms with van der Waals surface area (Å²) in [4.78, 5) is 93.3. The predicted molar refractivity (Wildman–Crippen MR) is 276 cm³/mol. The molecule has 3 fully saturated rings. The molecule has 0 saturated carbocycles. The molecule has 0 aliphatic carbocycles. The van der Waals surface area contributed by atoms with Gasteiger partial charge in [-0.1, -0.05) is 6.92 Å². The summed E-state index contributed by atoms with van der Waals surface area (Å²) in [6, 6.07) is -0.0932. The second-order valence-electron chi connectivity index (χ2n) is 18.4. The van der Waals surface area contributed by atoms with E-state index in [-0.39, 0.29) is 95.1 Å². The van der Waals surface area contributed by atoms with Crippen molar-refractivity contribution in [3.8, 4) is 0 Å². The standard InChI is InChI=1S/C46H65N10O17P3/c1-12-32-33(19-38(68-32)53-22-29(6)41(57)50-44(53)60)72-75(64-17-14-48-10)67-26-37-35(21-40(70-37)55-24-31(8)43(59)52-46(55)62)73-76(65-18-15-49-11)66-25-36-34(20-39(69-36)54-23-30(7)42(58)51-45(54)61)71-74(63-16-13-47-9)56(27(2)3)28(4)5/h22-24,27-28,32-40H,12-21,25-26H2,1-8H3,(H,50,57,60)(H,51,58,61)(H,52,59,62). The summed E-state index contributed by atoms with van der Waals surface area (Å²) in [5, 5.41) is 0. The molecule has 6 heterocycles. The lowest BCUT2D eigenvalue weighted by atomic mass is 10.1. The Kier molecular flexibility index (Phi) is 22.9. The van der Waals surface area contributed by atoms with Crippen LogP contribution in [0.5, 0.6) is 0 Å². The second-order valence-corrected chi connectivity index (χ2v) is 22.1. The van der Waals surface area contributed by atoms with Gasteiger partial charge in [-0.05, 0) is 54.9 Å². The quantitative estimate of drug-likeness (QED) is 0.0508. The van der Waals surface area contributed by atoms with Gasteiger partial charge in [0.15, 0.2) is 0 Å². The Morgan fingerprint density at radius 3 is 1.26 bits per heavy atom. The van der Waals surface area contributed by atoms with Crippen LogP contribution in [0.15, 0.2) is 47.4 Å². The molecule has 416 valence electrons. The summed E-state index contributed by atoms with van der Waals surface area (Å²) in [5.74, 6) is 0. The van der Waals surface area contributed by atoms with Crippen LogP contribution in [0, 0.1) is 40.5 Å². The van der Waals surface area contributed by atoms with Gasteiger partial charge in [0, 0.05) is 66.6 Å². The molecule has 0 spiro atoms. The molecule has 12 unspecified atom stereocenters. The minimum absolute atomic E-state index is 0.0107. The Balaban J connectivity index is 1.27. The number of hydrogen-bond acceptors (Lipinski definition) is 18. The molecular formula is C46H65N10O17P3. The number of hydrogen-bond donors (Lipinski definition) is 3. The van der Waals surface area contributed by atoms with Gasteiger partial charge in [-0.15, -0.1) is 0 Å². The van der Waals surface area contributed by atoms with E-state index in [1.54, 1.807) is 13.8 Å². The summed E-state index contributed by atoms with van der Waals surface area (Å²) in [7, 11) is -6.47. The SMILES string of the molecule is [C-]#[N+]CCOP(OCC1OC(n2cc(C)c(=O)[nH]c2=O)CC1OP(OCC[N+]#[C-])OCC1OC(n2cc(C)c(=O)[nH]c2=O)CC1OP(OCC[N+]#[C-])N(C(C)C)C(C)C)OC1CC(n2cc(C)c(=O)[nH]c2=O)OC1CC. The first kappa shape index (κ1) is 60.5. The third-order valence-corrected chi connectivity index (χ3v) is 16.7. The van der Waals surface area contributed by atoms with E-state index in [4.69, 9.17) is 70.1 Å². The maximum Gasteiger partial charge on any atom is 0.333 e. The lowest BCUT2D eigenvalue weighted by Crippen LogP contribution is -2.36. The first-order chi connectivity index (χ1) is 36.3. The highest BCUT2D eigenvalue weighted by Crippen LogP contribution is 2.52. The normalized spacial score (nSPS) is 24.7. The number of aryl methyl sites for hydroxylation is 3. The zero-order chi connectivity index (χ0) is 55.2. The molecule has 6 rings (SSSR count). The van der Waals surface area contributed by atoms with Crippen molar-refractivity contribution in [2.45, 2.75) is 148 Å². The van der Waals surface area contributed by atoms with Gasteiger partial charge >= 0.3 is 34.3 Å². The van der Waals surface area contributed by atoms with Gasteiger partial charge in [0.2, 0.25) is 19.6 Å². The topological polar surface area (TPSA) is 282 Å². The van der Waals surface area contributed by atoms with E-state index in [1.807, 2.05) is 39.3 Å². The Morgan fingerprint density at radius 2 is 0.908 bits per heavy atom. The van der Waals surface area contributed by atoms with Crippen LogP contribution in [-0.4, -0.2) is 135 Å². The van der Waals surface area contributed by atoms with Crippen molar-refractivity contribution >= 4 is 25.7 Å². The van der Waals surface area contributed by atoms with Gasteiger partial charge < -0.3 is 64.9 Å². The fourth-order valence-electron chi connectivity index (χ4n) is 8.42. The largest absolute Gasteiger partial charge is 0.352 e. The highest BCUT2D eigenvalue weighted by atomic mass is 31.2. The van der Waals surface area contributed by atoms with Crippen molar-refractivity contribution in [2.24, 2.45) is 0 Å². The fraction of sp³-hybridized carbons (Fsp3) is 0.674. The fourth-order valence-corrected chi connectivity index (χ4v) is 12.4. The lowest BCUT2D eigenvalue weighted by Gasteiger charge is -2.37. The zero-order valence-electron chi connectivity index (χ0n) is 43.5. The smallest absolute Gasteiger partial charge is 0.333 e. The summed E-state index contributed by atoms with van der Waals surface area (Å²) < 4.78 is 75.8. The van der Waals surface area contributed by atoms with E-state index in [0.29, 0.717) is 12.0 Å². The van der Waals surface area contributed by atoms with Gasteiger partial charge in [-0.25, -0.2) is 38.8 Å². The Morgan fingerprint density at radius 1 is 0.566 bits per heavy atom. The van der Waals surface area contributed by atoms with Gasteiger partial charge in [-0.2, -0.15) is 0 Å². The average Bonchev–Trinajstić information content (AvgIpc) is 4.11. The molecule has 3 saturated heterocycles. The molecule has 3 aliphatic rings. The van der Waals surface area contributed by atoms with Crippen LogP contribution in [0.1, 0.15) is 95.7 Å². The van der Waals surface area contributed by atoms with Crippen LogP contribution in [0.25, 0.3) is 14.5 Å². The third-order valence-electron chi connectivity index (χ3n) is 12.1. The van der Waals surface area contributed by atoms with Crippen molar-refractivity contribution in [3.63, 3.8) is 0 Å². The number of aromatic nitrogens is 6. The molecule has 3 aromatic rings. The second kappa shape index (κ2) is 28.8. The monoisotopic (exact) mass is 1120 g/mol. The zero-order valence-corrected chi connectivity index (χ0v) is 46.2. The third kappa shape index (κ3) is 16.0. The first-order valence-electron chi connectivity index (χ1n) is 24.6. The van der Waals surface area contributed by atoms with Gasteiger partial charge in [-0.3, -0.25) is 43.0 Å². The van der Waals surface area contributed by atoms with Gasteiger partial charge in [0.05, 0.1) is 37.6 Å². The predicted octanol–water partition coefficient (Wildman–Crippen LogP) is 4.63. The van der Waals surface area contributed by atoms with E-state index < -0.39 is 115 Å². The van der Waals surface area contributed by atoms with Crippen LogP contribution in [0.3, 0.4) is 0 Å². The minimum atomic E-state index is -2.39. The minimum Gasteiger partial charge on any atom is -0.352 e. The molecule has 76 heavy (non-hydrogen) atoms. The van der Waals surface area contributed by atoms with E-state index in [9.17, 15) is 28.8 Å². The molecular weight excluding hydrogens is 1060 g/mol. The molecule has 12 atom stereocenters. The molecule has 0 radical (unpaired) electrons. The summed E-state index contributed by atoms with van der Waals surface area (Å²) in [5.41, 5.74) is -2.94. The van der Waals surface area contributed by atoms with E-state index in [1.165, 1.54) is 39.2 Å². The number of H-pyrrole nitrogens is 3. The molecule has 3 aromatic heterocycles. The Hall–Kier alpha value is -4.68. The number of rotatable bonds is 28. The van der Waals surface area contributed by atoms with Crippen molar-refractivity contribution in [3.05, 3.63) is 132 Å². The molecule has 27 nitrogen and oxygen atoms in total. The van der Waals surface area contributed by atoms with Crippen molar-refractivity contribution < 1.29 is 50.4 Å². The summed E-state index contributed by atoms with van der Waals surface area (Å²) in [6.07, 6.45) is -2.73. The van der Waals surface area contributed by atoms with Crippen LogP contribution < -0.4 is 33.7 Å². The van der Waals surface area contributed by atoms with Crippen molar-refractivity contribution in [1.82, 2.24) is 33.3 Å². The lowest BCUT2D eigenvalue weighted by molar-refractivity contribution is -0.0541. The van der Waals surface area contributed by atoms with Crippen LogP contribution >= 0.6 is 25.7 Å².